The van der Waals surface area contributed by atoms with Gasteiger partial charge in [-0.15, -0.1) is 11.6 Å². The first-order chi connectivity index (χ1) is 8.12. The van der Waals surface area contributed by atoms with Crippen LogP contribution in [0.4, 0.5) is 0 Å². The van der Waals surface area contributed by atoms with Gasteiger partial charge >= 0.3 is 0 Å². The highest BCUT2D eigenvalue weighted by atomic mass is 35.5. The van der Waals surface area contributed by atoms with Gasteiger partial charge in [-0.25, -0.2) is 0 Å². The van der Waals surface area contributed by atoms with Gasteiger partial charge in [0.05, 0.1) is 19.6 Å². The Morgan fingerprint density at radius 1 is 1.35 bits per heavy atom. The van der Waals surface area contributed by atoms with Crippen molar-refractivity contribution in [1.29, 1.82) is 0 Å². The van der Waals surface area contributed by atoms with Crippen LogP contribution in [0.2, 0.25) is 5.02 Å². The first-order valence-corrected chi connectivity index (χ1v) is 6.58. The SMILES string of the molecule is CCC(C)COc1c(CCl)cc(Cl)cc1OC. The summed E-state index contributed by atoms with van der Waals surface area (Å²) >= 11 is 11.9. The van der Waals surface area contributed by atoms with Crippen molar-refractivity contribution in [1.82, 2.24) is 0 Å². The van der Waals surface area contributed by atoms with Crippen molar-refractivity contribution in [2.75, 3.05) is 13.7 Å². The molecule has 1 unspecified atom stereocenters. The average Bonchev–Trinajstić information content (AvgIpc) is 2.35. The van der Waals surface area contributed by atoms with Gasteiger partial charge in [-0.1, -0.05) is 31.9 Å². The number of ether oxygens (including phenoxy) is 2. The zero-order chi connectivity index (χ0) is 12.8. The molecule has 0 amide bonds. The van der Waals surface area contributed by atoms with E-state index in [1.54, 1.807) is 13.2 Å². The standard InChI is InChI=1S/C13H18Cl2O2/c1-4-9(2)8-17-13-10(7-14)5-11(15)6-12(13)16-3/h5-6,9H,4,7-8H2,1-3H3. The van der Waals surface area contributed by atoms with Gasteiger partial charge in [0.2, 0.25) is 0 Å². The van der Waals surface area contributed by atoms with Crippen LogP contribution in [0.15, 0.2) is 12.1 Å². The van der Waals surface area contributed by atoms with Crippen molar-refractivity contribution < 1.29 is 9.47 Å². The summed E-state index contributed by atoms with van der Waals surface area (Å²) in [6, 6.07) is 3.55. The number of halogens is 2. The van der Waals surface area contributed by atoms with Crippen LogP contribution in [0.3, 0.4) is 0 Å². The maximum absolute atomic E-state index is 5.98. The smallest absolute Gasteiger partial charge is 0.165 e. The lowest BCUT2D eigenvalue weighted by molar-refractivity contribution is 0.243. The summed E-state index contributed by atoms with van der Waals surface area (Å²) in [5, 5.41) is 0.605. The fraction of sp³-hybridized carbons (Fsp3) is 0.538. The third-order valence-electron chi connectivity index (χ3n) is 2.67. The van der Waals surface area contributed by atoms with Crippen molar-refractivity contribution in [2.24, 2.45) is 5.92 Å². The van der Waals surface area contributed by atoms with Crippen molar-refractivity contribution in [3.63, 3.8) is 0 Å². The topological polar surface area (TPSA) is 18.5 Å². The van der Waals surface area contributed by atoms with Crippen LogP contribution in [0.5, 0.6) is 11.5 Å². The third-order valence-corrected chi connectivity index (χ3v) is 3.18. The van der Waals surface area contributed by atoms with E-state index in [-0.39, 0.29) is 0 Å². The second-order valence-corrected chi connectivity index (χ2v) is 4.76. The molecule has 1 aromatic carbocycles. The van der Waals surface area contributed by atoms with Crippen molar-refractivity contribution in [2.45, 2.75) is 26.1 Å². The lowest BCUT2D eigenvalue weighted by Crippen LogP contribution is -2.09. The van der Waals surface area contributed by atoms with E-state index in [1.165, 1.54) is 0 Å². The van der Waals surface area contributed by atoms with E-state index in [4.69, 9.17) is 32.7 Å². The Bertz CT molecular complexity index is 341. The van der Waals surface area contributed by atoms with E-state index in [0.717, 1.165) is 12.0 Å². The third kappa shape index (κ3) is 3.97. The Balaban J connectivity index is 2.94. The molecule has 0 saturated carbocycles. The minimum atomic E-state index is 0.354. The fourth-order valence-electron chi connectivity index (χ4n) is 1.38. The second kappa shape index (κ2) is 6.97. The van der Waals surface area contributed by atoms with Crippen LogP contribution >= 0.6 is 23.2 Å². The summed E-state index contributed by atoms with van der Waals surface area (Å²) in [6.45, 7) is 4.93. The summed E-state index contributed by atoms with van der Waals surface area (Å²) in [7, 11) is 1.60. The van der Waals surface area contributed by atoms with Crippen molar-refractivity contribution in [3.8, 4) is 11.5 Å². The zero-order valence-corrected chi connectivity index (χ0v) is 11.9. The number of methoxy groups -OCH3 is 1. The molecule has 1 atom stereocenters. The Morgan fingerprint density at radius 2 is 2.06 bits per heavy atom. The van der Waals surface area contributed by atoms with E-state index < -0.39 is 0 Å². The predicted octanol–water partition coefficient (Wildman–Crippen LogP) is 4.51. The molecule has 2 nitrogen and oxygen atoms in total. The molecule has 17 heavy (non-hydrogen) atoms. The van der Waals surface area contributed by atoms with Gasteiger partial charge in [0, 0.05) is 16.7 Å². The van der Waals surface area contributed by atoms with Crippen LogP contribution in [0, 0.1) is 5.92 Å². The predicted molar refractivity (Wildman–Crippen MR) is 72.5 cm³/mol. The van der Waals surface area contributed by atoms with Crippen LogP contribution in [0.1, 0.15) is 25.8 Å². The second-order valence-electron chi connectivity index (χ2n) is 4.05. The molecule has 0 aliphatic rings. The molecule has 0 saturated heterocycles. The Morgan fingerprint density at radius 3 is 2.59 bits per heavy atom. The highest BCUT2D eigenvalue weighted by Gasteiger charge is 2.13. The van der Waals surface area contributed by atoms with Crippen molar-refractivity contribution >= 4 is 23.2 Å². The average molecular weight is 277 g/mol. The molecule has 0 radical (unpaired) electrons. The molecule has 0 heterocycles. The molecule has 1 rings (SSSR count). The first-order valence-electron chi connectivity index (χ1n) is 5.67. The molecule has 1 aromatic rings. The van der Waals surface area contributed by atoms with E-state index in [0.29, 0.717) is 34.9 Å². The molecule has 0 N–H and O–H groups in total. The van der Waals surface area contributed by atoms with Crippen LogP contribution in [0.25, 0.3) is 0 Å². The lowest BCUT2D eigenvalue weighted by atomic mass is 10.1. The molecule has 0 bridgehead atoms. The van der Waals surface area contributed by atoms with E-state index >= 15 is 0 Å². The number of benzene rings is 1. The zero-order valence-electron chi connectivity index (χ0n) is 10.4. The quantitative estimate of drug-likeness (QED) is 0.712. The summed E-state index contributed by atoms with van der Waals surface area (Å²) in [6.07, 6.45) is 1.08. The Kier molecular flexibility index (Phi) is 5.93. The number of hydrogen-bond donors (Lipinski definition) is 0. The molecule has 4 heteroatoms. The summed E-state index contributed by atoms with van der Waals surface area (Å²) in [5.74, 6) is 2.19. The molecular formula is C13H18Cl2O2. The number of hydrogen-bond acceptors (Lipinski definition) is 2. The van der Waals surface area contributed by atoms with Crippen molar-refractivity contribution in [3.05, 3.63) is 22.7 Å². The van der Waals surface area contributed by atoms with Crippen LogP contribution in [-0.2, 0) is 5.88 Å². The van der Waals surface area contributed by atoms with Gasteiger partial charge in [-0.05, 0) is 12.0 Å². The highest BCUT2D eigenvalue weighted by molar-refractivity contribution is 6.31. The minimum absolute atomic E-state index is 0.354. The maximum atomic E-state index is 5.98. The molecule has 0 spiro atoms. The van der Waals surface area contributed by atoms with Gasteiger partial charge in [-0.2, -0.15) is 0 Å². The monoisotopic (exact) mass is 276 g/mol. The summed E-state index contributed by atoms with van der Waals surface area (Å²) < 4.78 is 11.1. The Labute approximate surface area is 113 Å². The molecule has 0 aliphatic heterocycles. The van der Waals surface area contributed by atoms with Gasteiger partial charge in [0.1, 0.15) is 0 Å². The highest BCUT2D eigenvalue weighted by Crippen LogP contribution is 2.35. The molecule has 0 aliphatic carbocycles. The maximum Gasteiger partial charge on any atom is 0.165 e. The van der Waals surface area contributed by atoms with Gasteiger partial charge in [0.15, 0.2) is 11.5 Å². The molecular weight excluding hydrogens is 259 g/mol. The number of rotatable bonds is 6. The summed E-state index contributed by atoms with van der Waals surface area (Å²) in [4.78, 5) is 0. The normalized spacial score (nSPS) is 12.3. The molecule has 0 aromatic heterocycles. The van der Waals surface area contributed by atoms with Gasteiger partial charge < -0.3 is 9.47 Å². The van der Waals surface area contributed by atoms with Crippen LogP contribution < -0.4 is 9.47 Å². The van der Waals surface area contributed by atoms with Gasteiger partial charge in [0.25, 0.3) is 0 Å². The molecule has 96 valence electrons. The fourth-order valence-corrected chi connectivity index (χ4v) is 1.81. The summed E-state index contributed by atoms with van der Waals surface area (Å²) in [5.41, 5.74) is 0.860. The lowest BCUT2D eigenvalue weighted by Gasteiger charge is -2.16. The first kappa shape index (κ1) is 14.5. The number of alkyl halides is 1. The van der Waals surface area contributed by atoms with E-state index in [2.05, 4.69) is 13.8 Å². The largest absolute Gasteiger partial charge is 0.493 e. The minimum Gasteiger partial charge on any atom is -0.493 e. The van der Waals surface area contributed by atoms with E-state index in [1.807, 2.05) is 6.07 Å². The van der Waals surface area contributed by atoms with E-state index in [9.17, 15) is 0 Å². The van der Waals surface area contributed by atoms with Crippen LogP contribution in [-0.4, -0.2) is 13.7 Å². The Hall–Kier alpha value is -0.600. The molecule has 0 fully saturated rings. The van der Waals surface area contributed by atoms with Gasteiger partial charge in [-0.3, -0.25) is 0 Å².